The minimum Gasteiger partial charge on any atom is -0.454 e. The van der Waals surface area contributed by atoms with Crippen molar-refractivity contribution in [3.05, 3.63) is 47.5 Å². The Labute approximate surface area is 188 Å². The molecule has 1 aliphatic carbocycles. The minimum atomic E-state index is -0.125. The summed E-state index contributed by atoms with van der Waals surface area (Å²) < 4.78 is 10.8. The van der Waals surface area contributed by atoms with Gasteiger partial charge in [-0.05, 0) is 68.0 Å². The van der Waals surface area contributed by atoms with Crippen LogP contribution in [0.4, 0.5) is 11.4 Å². The molecule has 2 N–H and O–H groups in total. The first-order valence-electron chi connectivity index (χ1n) is 11.5. The van der Waals surface area contributed by atoms with Crippen LogP contribution < -0.4 is 25.0 Å². The molecule has 0 bridgehead atoms. The number of piperidine rings is 1. The van der Waals surface area contributed by atoms with Crippen LogP contribution in [0.1, 0.15) is 54.4 Å². The summed E-state index contributed by atoms with van der Waals surface area (Å²) in [5, 5.41) is 6.08. The van der Waals surface area contributed by atoms with Crippen molar-refractivity contribution < 1.29 is 19.1 Å². The molecule has 32 heavy (non-hydrogen) atoms. The fourth-order valence-electron chi connectivity index (χ4n) is 4.44. The topological polar surface area (TPSA) is 79.9 Å². The molecule has 1 saturated heterocycles. The standard InChI is InChI=1S/C25H29N3O4/c29-24(18-5-4-6-18)27-19-8-9-20(21(14-19)28-11-2-1-3-12-28)25(30)26-15-17-7-10-22-23(13-17)32-16-31-22/h7-10,13-14,18H,1-6,11-12,15-16H2,(H,26,30)(H,27,29). The van der Waals surface area contributed by atoms with Crippen LogP contribution >= 0.6 is 0 Å². The number of anilines is 2. The van der Waals surface area contributed by atoms with Crippen LogP contribution in [0.15, 0.2) is 36.4 Å². The lowest BCUT2D eigenvalue weighted by Crippen LogP contribution is -2.33. The van der Waals surface area contributed by atoms with Crippen LogP contribution in [0, 0.1) is 5.92 Å². The Kier molecular flexibility index (Phi) is 5.88. The summed E-state index contributed by atoms with van der Waals surface area (Å²) >= 11 is 0. The van der Waals surface area contributed by atoms with Gasteiger partial charge >= 0.3 is 0 Å². The summed E-state index contributed by atoms with van der Waals surface area (Å²) in [6, 6.07) is 11.3. The molecule has 7 heteroatoms. The SMILES string of the molecule is O=C(NCc1ccc2c(c1)OCO2)c1ccc(NC(=O)C2CCC2)cc1N1CCCCC1. The Morgan fingerprint density at radius 3 is 2.53 bits per heavy atom. The van der Waals surface area contributed by atoms with E-state index >= 15 is 0 Å². The Bertz CT molecular complexity index is 1010. The summed E-state index contributed by atoms with van der Waals surface area (Å²) in [6.45, 7) is 2.47. The molecule has 5 rings (SSSR count). The van der Waals surface area contributed by atoms with Gasteiger partial charge in [-0.15, -0.1) is 0 Å². The molecule has 7 nitrogen and oxygen atoms in total. The van der Waals surface area contributed by atoms with E-state index in [4.69, 9.17) is 9.47 Å². The van der Waals surface area contributed by atoms with E-state index in [1.165, 1.54) is 6.42 Å². The first-order chi connectivity index (χ1) is 15.7. The molecule has 3 aliphatic rings. The van der Waals surface area contributed by atoms with Crippen LogP contribution in [-0.4, -0.2) is 31.7 Å². The quantitative estimate of drug-likeness (QED) is 0.715. The average Bonchev–Trinajstić information content (AvgIpc) is 3.25. The van der Waals surface area contributed by atoms with E-state index in [9.17, 15) is 9.59 Å². The summed E-state index contributed by atoms with van der Waals surface area (Å²) in [4.78, 5) is 27.8. The third-order valence-corrected chi connectivity index (χ3v) is 6.57. The highest BCUT2D eigenvalue weighted by molar-refractivity contribution is 6.01. The number of nitrogens with one attached hydrogen (secondary N) is 2. The highest BCUT2D eigenvalue weighted by Crippen LogP contribution is 2.33. The third kappa shape index (κ3) is 4.38. The predicted molar refractivity (Wildman–Crippen MR) is 122 cm³/mol. The number of ether oxygens (including phenoxy) is 2. The molecule has 0 radical (unpaired) electrons. The van der Waals surface area contributed by atoms with Gasteiger partial charge in [0.25, 0.3) is 5.91 Å². The van der Waals surface area contributed by atoms with E-state index in [0.717, 1.165) is 67.9 Å². The number of nitrogens with zero attached hydrogens (tertiary/aromatic N) is 1. The molecule has 2 fully saturated rings. The Morgan fingerprint density at radius 1 is 0.938 bits per heavy atom. The van der Waals surface area contributed by atoms with Crippen molar-refractivity contribution in [2.45, 2.75) is 45.1 Å². The van der Waals surface area contributed by atoms with Gasteiger partial charge in [0.15, 0.2) is 11.5 Å². The largest absolute Gasteiger partial charge is 0.454 e. The summed E-state index contributed by atoms with van der Waals surface area (Å²) in [5.41, 5.74) is 3.23. The lowest BCUT2D eigenvalue weighted by molar-refractivity contribution is -0.122. The zero-order valence-electron chi connectivity index (χ0n) is 18.2. The number of rotatable bonds is 6. The second-order valence-corrected chi connectivity index (χ2v) is 8.77. The van der Waals surface area contributed by atoms with E-state index in [2.05, 4.69) is 15.5 Å². The third-order valence-electron chi connectivity index (χ3n) is 6.57. The van der Waals surface area contributed by atoms with Crippen LogP contribution in [0.2, 0.25) is 0 Å². The molecule has 2 aliphatic heterocycles. The predicted octanol–water partition coefficient (Wildman–Crippen LogP) is 4.07. The van der Waals surface area contributed by atoms with E-state index in [0.29, 0.717) is 17.9 Å². The fourth-order valence-corrected chi connectivity index (χ4v) is 4.44. The van der Waals surface area contributed by atoms with Gasteiger partial charge in [0.05, 0.1) is 11.3 Å². The summed E-state index contributed by atoms with van der Waals surface area (Å²) in [5.74, 6) is 1.52. The molecule has 2 aromatic carbocycles. The fraction of sp³-hybridized carbons (Fsp3) is 0.440. The molecule has 2 amide bonds. The van der Waals surface area contributed by atoms with Gasteiger partial charge < -0.3 is 25.0 Å². The average molecular weight is 436 g/mol. The molecule has 0 spiro atoms. The van der Waals surface area contributed by atoms with Crippen molar-refractivity contribution in [1.82, 2.24) is 5.32 Å². The summed E-state index contributed by atoms with van der Waals surface area (Å²) in [6.07, 6.45) is 6.48. The van der Waals surface area contributed by atoms with E-state index in [-0.39, 0.29) is 24.5 Å². The highest BCUT2D eigenvalue weighted by Gasteiger charge is 2.26. The Morgan fingerprint density at radius 2 is 1.75 bits per heavy atom. The number of amides is 2. The van der Waals surface area contributed by atoms with Crippen LogP contribution in [0.3, 0.4) is 0 Å². The van der Waals surface area contributed by atoms with Gasteiger partial charge in [-0.25, -0.2) is 0 Å². The van der Waals surface area contributed by atoms with Crippen LogP contribution in [0.5, 0.6) is 11.5 Å². The highest BCUT2D eigenvalue weighted by atomic mass is 16.7. The zero-order valence-corrected chi connectivity index (χ0v) is 18.2. The lowest BCUT2D eigenvalue weighted by Gasteiger charge is -2.31. The number of benzene rings is 2. The van der Waals surface area contributed by atoms with Crippen molar-refractivity contribution in [3.8, 4) is 11.5 Å². The molecule has 2 heterocycles. The second-order valence-electron chi connectivity index (χ2n) is 8.77. The van der Waals surface area contributed by atoms with Crippen molar-refractivity contribution in [3.63, 3.8) is 0 Å². The van der Waals surface area contributed by atoms with Gasteiger partial charge in [0.1, 0.15) is 0 Å². The lowest BCUT2D eigenvalue weighted by atomic mass is 9.85. The molecular formula is C25H29N3O4. The van der Waals surface area contributed by atoms with Gasteiger partial charge in [0.2, 0.25) is 12.7 Å². The van der Waals surface area contributed by atoms with E-state index in [1.54, 1.807) is 0 Å². The van der Waals surface area contributed by atoms with Crippen molar-refractivity contribution in [1.29, 1.82) is 0 Å². The number of hydrogen-bond acceptors (Lipinski definition) is 5. The Balaban J connectivity index is 1.32. The summed E-state index contributed by atoms with van der Waals surface area (Å²) in [7, 11) is 0. The van der Waals surface area contributed by atoms with Crippen LogP contribution in [0.25, 0.3) is 0 Å². The maximum Gasteiger partial charge on any atom is 0.253 e. The maximum atomic E-state index is 13.1. The molecule has 1 saturated carbocycles. The maximum absolute atomic E-state index is 13.1. The normalized spacial score (nSPS) is 17.6. The molecule has 2 aromatic rings. The molecule has 0 aromatic heterocycles. The van der Waals surface area contributed by atoms with Gasteiger partial charge in [-0.3, -0.25) is 9.59 Å². The first-order valence-corrected chi connectivity index (χ1v) is 11.5. The van der Waals surface area contributed by atoms with Crippen molar-refractivity contribution in [2.75, 3.05) is 30.1 Å². The number of fused-ring (bicyclic) bond motifs is 1. The molecular weight excluding hydrogens is 406 g/mol. The van der Waals surface area contributed by atoms with Gasteiger partial charge in [-0.2, -0.15) is 0 Å². The zero-order chi connectivity index (χ0) is 21.9. The number of carbonyl (C=O) groups is 2. The molecule has 168 valence electrons. The van der Waals surface area contributed by atoms with E-state index in [1.807, 2.05) is 36.4 Å². The monoisotopic (exact) mass is 435 g/mol. The smallest absolute Gasteiger partial charge is 0.253 e. The number of hydrogen-bond donors (Lipinski definition) is 2. The van der Waals surface area contributed by atoms with Gasteiger partial charge in [-0.1, -0.05) is 12.5 Å². The van der Waals surface area contributed by atoms with Crippen LogP contribution in [-0.2, 0) is 11.3 Å². The number of carbonyl (C=O) groups excluding carboxylic acids is 2. The van der Waals surface area contributed by atoms with Gasteiger partial charge in [0, 0.05) is 31.2 Å². The van der Waals surface area contributed by atoms with E-state index < -0.39 is 0 Å². The second kappa shape index (κ2) is 9.10. The molecule has 0 atom stereocenters. The minimum absolute atomic E-state index is 0.0841. The van der Waals surface area contributed by atoms with Crippen molar-refractivity contribution >= 4 is 23.2 Å². The molecule has 0 unspecified atom stereocenters. The van der Waals surface area contributed by atoms with Crippen molar-refractivity contribution in [2.24, 2.45) is 5.92 Å². The first kappa shape index (κ1) is 20.7. The Hall–Kier alpha value is -3.22.